The van der Waals surface area contributed by atoms with E-state index < -0.39 is 0 Å². The van der Waals surface area contributed by atoms with Crippen LogP contribution >= 0.6 is 27.5 Å². The zero-order valence-electron chi connectivity index (χ0n) is 12.7. The first-order valence-electron chi connectivity index (χ1n) is 7.28. The van der Waals surface area contributed by atoms with Gasteiger partial charge >= 0.3 is 0 Å². The summed E-state index contributed by atoms with van der Waals surface area (Å²) in [5.74, 6) is 0. The molecule has 0 fully saturated rings. The summed E-state index contributed by atoms with van der Waals surface area (Å²) >= 11 is 9.95. The maximum Gasteiger partial charge on any atom is 0.0594 e. The average molecular weight is 367 g/mol. The van der Waals surface area contributed by atoms with Gasteiger partial charge in [-0.25, -0.2) is 0 Å². The maximum absolute atomic E-state index is 6.48. The van der Waals surface area contributed by atoms with Crippen LogP contribution in [0.5, 0.6) is 0 Å². The fourth-order valence-corrected chi connectivity index (χ4v) is 3.27. The molecule has 0 amide bonds. The molecule has 2 rings (SSSR count). The van der Waals surface area contributed by atoms with Crippen LogP contribution in [0.1, 0.15) is 41.6 Å². The lowest BCUT2D eigenvalue weighted by Crippen LogP contribution is -2.24. The van der Waals surface area contributed by atoms with E-state index in [9.17, 15) is 0 Å². The van der Waals surface area contributed by atoms with Gasteiger partial charge in [0.15, 0.2) is 0 Å². The molecule has 1 unspecified atom stereocenters. The van der Waals surface area contributed by atoms with Crippen molar-refractivity contribution in [2.24, 2.45) is 0 Å². The fraction of sp³-hybridized carbons (Fsp3) is 0.333. The first-order chi connectivity index (χ1) is 10.0. The summed E-state index contributed by atoms with van der Waals surface area (Å²) in [5.41, 5.74) is 4.98. The monoisotopic (exact) mass is 365 g/mol. The number of hydrogen-bond acceptors (Lipinski definition) is 1. The third kappa shape index (κ3) is 4.09. The Morgan fingerprint density at radius 1 is 1.10 bits per heavy atom. The molecule has 0 saturated carbocycles. The first-order valence-corrected chi connectivity index (χ1v) is 8.45. The van der Waals surface area contributed by atoms with Gasteiger partial charge in [0.1, 0.15) is 0 Å². The molecule has 0 aliphatic rings. The van der Waals surface area contributed by atoms with Crippen molar-refractivity contribution < 1.29 is 0 Å². The van der Waals surface area contributed by atoms with Crippen LogP contribution in [0.3, 0.4) is 0 Å². The molecule has 0 saturated heterocycles. The highest BCUT2D eigenvalue weighted by molar-refractivity contribution is 9.10. The van der Waals surface area contributed by atoms with Gasteiger partial charge in [0, 0.05) is 9.50 Å². The van der Waals surface area contributed by atoms with Gasteiger partial charge in [-0.2, -0.15) is 0 Å². The van der Waals surface area contributed by atoms with E-state index in [-0.39, 0.29) is 6.04 Å². The van der Waals surface area contributed by atoms with Gasteiger partial charge in [0.2, 0.25) is 0 Å². The van der Waals surface area contributed by atoms with E-state index >= 15 is 0 Å². The van der Waals surface area contributed by atoms with Crippen LogP contribution < -0.4 is 5.32 Å². The quantitative estimate of drug-likeness (QED) is 0.704. The lowest BCUT2D eigenvalue weighted by Gasteiger charge is -2.23. The van der Waals surface area contributed by atoms with E-state index in [0.29, 0.717) is 0 Å². The van der Waals surface area contributed by atoms with Crippen LogP contribution in [-0.2, 0) is 0 Å². The van der Waals surface area contributed by atoms with Crippen molar-refractivity contribution in [3.05, 3.63) is 68.1 Å². The number of hydrogen-bond donors (Lipinski definition) is 1. The maximum atomic E-state index is 6.48. The minimum atomic E-state index is 0.130. The Balaban J connectivity index is 2.49. The topological polar surface area (TPSA) is 12.0 Å². The Morgan fingerprint density at radius 3 is 2.52 bits per heavy atom. The van der Waals surface area contributed by atoms with Gasteiger partial charge < -0.3 is 5.32 Å². The Kier molecular flexibility index (Phi) is 5.86. The predicted molar refractivity (Wildman–Crippen MR) is 95.2 cm³/mol. The third-order valence-electron chi connectivity index (χ3n) is 3.62. The number of rotatable bonds is 5. The molecular formula is C18H21BrClN. The van der Waals surface area contributed by atoms with E-state index in [0.717, 1.165) is 28.0 Å². The van der Waals surface area contributed by atoms with Crippen LogP contribution in [0, 0.1) is 13.8 Å². The number of benzene rings is 2. The van der Waals surface area contributed by atoms with Gasteiger partial charge in [-0.15, -0.1) is 0 Å². The molecule has 0 aliphatic heterocycles. The standard InChI is InChI=1S/C18H21BrClN/c1-4-9-21-18(15-8-7-14(19)11-17(15)20)16-10-12(2)5-6-13(16)3/h5-8,10-11,18,21H,4,9H2,1-3H3. The molecule has 0 spiro atoms. The van der Waals surface area contributed by atoms with Crippen LogP contribution in [0.15, 0.2) is 40.9 Å². The molecule has 1 nitrogen and oxygen atoms in total. The molecule has 2 aromatic rings. The van der Waals surface area contributed by atoms with Crippen molar-refractivity contribution in [3.8, 4) is 0 Å². The predicted octanol–water partition coefficient (Wildman–Crippen LogP) is 5.81. The van der Waals surface area contributed by atoms with E-state index in [1.807, 2.05) is 12.1 Å². The molecule has 1 atom stereocenters. The molecular weight excluding hydrogens is 346 g/mol. The SMILES string of the molecule is CCCNC(c1cc(C)ccc1C)c1ccc(Br)cc1Cl. The highest BCUT2D eigenvalue weighted by Gasteiger charge is 2.18. The van der Waals surface area contributed by atoms with Crippen molar-refractivity contribution in [1.82, 2.24) is 5.32 Å². The Hall–Kier alpha value is -0.830. The van der Waals surface area contributed by atoms with Crippen LogP contribution in [0.2, 0.25) is 5.02 Å². The highest BCUT2D eigenvalue weighted by Crippen LogP contribution is 2.32. The normalized spacial score (nSPS) is 12.4. The van der Waals surface area contributed by atoms with Crippen LogP contribution in [0.4, 0.5) is 0 Å². The number of nitrogens with one attached hydrogen (secondary N) is 1. The Bertz CT molecular complexity index is 625. The summed E-state index contributed by atoms with van der Waals surface area (Å²) in [6, 6.07) is 12.8. The molecule has 0 aliphatic carbocycles. The molecule has 2 aromatic carbocycles. The largest absolute Gasteiger partial charge is 0.306 e. The van der Waals surface area contributed by atoms with Crippen LogP contribution in [-0.4, -0.2) is 6.54 Å². The van der Waals surface area contributed by atoms with Crippen molar-refractivity contribution >= 4 is 27.5 Å². The summed E-state index contributed by atoms with van der Waals surface area (Å²) in [6.45, 7) is 7.42. The number of aryl methyl sites for hydroxylation is 2. The average Bonchev–Trinajstić information content (AvgIpc) is 2.44. The summed E-state index contributed by atoms with van der Waals surface area (Å²) in [5, 5.41) is 4.42. The van der Waals surface area contributed by atoms with Crippen molar-refractivity contribution in [3.63, 3.8) is 0 Å². The smallest absolute Gasteiger partial charge is 0.0594 e. The van der Waals surface area contributed by atoms with E-state index in [2.05, 4.69) is 66.3 Å². The molecule has 1 N–H and O–H groups in total. The van der Waals surface area contributed by atoms with Crippen LogP contribution in [0.25, 0.3) is 0 Å². The molecule has 3 heteroatoms. The second kappa shape index (κ2) is 7.44. The van der Waals surface area contributed by atoms with Gasteiger partial charge in [-0.1, -0.05) is 64.3 Å². The number of halogens is 2. The third-order valence-corrected chi connectivity index (χ3v) is 4.44. The van der Waals surface area contributed by atoms with Gasteiger partial charge in [-0.05, 0) is 55.6 Å². The Labute approximate surface area is 140 Å². The summed E-state index contributed by atoms with van der Waals surface area (Å²) in [4.78, 5) is 0. The minimum Gasteiger partial charge on any atom is -0.306 e. The summed E-state index contributed by atoms with van der Waals surface area (Å²) in [7, 11) is 0. The molecule has 0 bridgehead atoms. The minimum absolute atomic E-state index is 0.130. The van der Waals surface area contributed by atoms with Gasteiger partial charge in [-0.3, -0.25) is 0 Å². The first kappa shape index (κ1) is 16.5. The van der Waals surface area contributed by atoms with E-state index in [1.54, 1.807) is 0 Å². The van der Waals surface area contributed by atoms with Gasteiger partial charge in [0.05, 0.1) is 6.04 Å². The van der Waals surface area contributed by atoms with E-state index in [4.69, 9.17) is 11.6 Å². The molecule has 0 radical (unpaired) electrons. The molecule has 0 aromatic heterocycles. The zero-order valence-corrected chi connectivity index (χ0v) is 15.1. The second-order valence-electron chi connectivity index (χ2n) is 5.41. The van der Waals surface area contributed by atoms with Gasteiger partial charge in [0.25, 0.3) is 0 Å². The summed E-state index contributed by atoms with van der Waals surface area (Å²) < 4.78 is 1.01. The summed E-state index contributed by atoms with van der Waals surface area (Å²) in [6.07, 6.45) is 1.09. The molecule has 0 heterocycles. The fourth-order valence-electron chi connectivity index (χ4n) is 2.48. The lowest BCUT2D eigenvalue weighted by molar-refractivity contribution is 0.596. The molecule has 112 valence electrons. The van der Waals surface area contributed by atoms with Crippen molar-refractivity contribution in [2.45, 2.75) is 33.2 Å². The zero-order chi connectivity index (χ0) is 15.4. The molecule has 21 heavy (non-hydrogen) atoms. The van der Waals surface area contributed by atoms with E-state index in [1.165, 1.54) is 16.7 Å². The second-order valence-corrected chi connectivity index (χ2v) is 6.74. The highest BCUT2D eigenvalue weighted by atomic mass is 79.9. The lowest BCUT2D eigenvalue weighted by atomic mass is 9.93. The van der Waals surface area contributed by atoms with Crippen molar-refractivity contribution in [1.29, 1.82) is 0 Å². The Morgan fingerprint density at radius 2 is 1.86 bits per heavy atom. The van der Waals surface area contributed by atoms with Crippen molar-refractivity contribution in [2.75, 3.05) is 6.54 Å².